The molecule has 0 fully saturated rings. The third kappa shape index (κ3) is 2.20. The van der Waals surface area contributed by atoms with Gasteiger partial charge in [-0.15, -0.1) is 11.3 Å². The molecule has 0 aliphatic carbocycles. The van der Waals surface area contributed by atoms with Crippen molar-refractivity contribution in [1.29, 1.82) is 0 Å². The Morgan fingerprint density at radius 1 is 1.64 bits per heavy atom. The third-order valence-corrected chi connectivity index (χ3v) is 2.34. The first-order chi connectivity index (χ1) is 5.38. The molecule has 0 saturated heterocycles. The number of thiophene rings is 1. The van der Waals surface area contributed by atoms with Crippen molar-refractivity contribution in [1.82, 2.24) is 0 Å². The molecule has 2 nitrogen and oxygen atoms in total. The smallest absolute Gasteiger partial charge is 0.133 e. The van der Waals surface area contributed by atoms with Gasteiger partial charge in [0.2, 0.25) is 0 Å². The van der Waals surface area contributed by atoms with Crippen LogP contribution in [0.4, 0.5) is 0 Å². The highest BCUT2D eigenvalue weighted by Gasteiger charge is 2.02. The molecule has 0 aliphatic heterocycles. The van der Waals surface area contributed by atoms with Crippen LogP contribution >= 0.6 is 11.3 Å². The zero-order valence-corrected chi connectivity index (χ0v) is 7.49. The first kappa shape index (κ1) is 8.56. The SMILES string of the molecule is CCOc1ccsc1CCN. The summed E-state index contributed by atoms with van der Waals surface area (Å²) in [6, 6.07) is 2.00. The minimum Gasteiger partial charge on any atom is -0.493 e. The van der Waals surface area contributed by atoms with Crippen LogP contribution in [0.5, 0.6) is 5.75 Å². The van der Waals surface area contributed by atoms with Crippen LogP contribution in [-0.2, 0) is 6.42 Å². The van der Waals surface area contributed by atoms with E-state index in [1.807, 2.05) is 18.4 Å². The van der Waals surface area contributed by atoms with E-state index in [2.05, 4.69) is 0 Å². The van der Waals surface area contributed by atoms with Crippen LogP contribution in [0, 0.1) is 0 Å². The second kappa shape index (κ2) is 4.36. The predicted molar refractivity (Wildman–Crippen MR) is 48.2 cm³/mol. The Balaban J connectivity index is 2.62. The van der Waals surface area contributed by atoms with Gasteiger partial charge < -0.3 is 10.5 Å². The van der Waals surface area contributed by atoms with E-state index in [9.17, 15) is 0 Å². The summed E-state index contributed by atoms with van der Waals surface area (Å²) in [4.78, 5) is 1.26. The van der Waals surface area contributed by atoms with E-state index >= 15 is 0 Å². The standard InChI is InChI=1S/C8H13NOS/c1-2-10-7-4-6-11-8(7)3-5-9/h4,6H,2-3,5,9H2,1H3. The molecule has 0 bridgehead atoms. The Kier molecular flexibility index (Phi) is 3.39. The number of rotatable bonds is 4. The van der Waals surface area contributed by atoms with Crippen molar-refractivity contribution >= 4 is 11.3 Å². The molecular weight excluding hydrogens is 158 g/mol. The molecule has 0 spiro atoms. The molecule has 0 aromatic carbocycles. The molecule has 0 unspecified atom stereocenters. The Morgan fingerprint density at radius 2 is 2.45 bits per heavy atom. The summed E-state index contributed by atoms with van der Waals surface area (Å²) in [5.74, 6) is 1.00. The van der Waals surface area contributed by atoms with Gasteiger partial charge >= 0.3 is 0 Å². The molecule has 62 valence electrons. The maximum Gasteiger partial charge on any atom is 0.133 e. The lowest BCUT2D eigenvalue weighted by Crippen LogP contribution is -2.02. The van der Waals surface area contributed by atoms with Gasteiger partial charge in [-0.1, -0.05) is 0 Å². The molecule has 3 heteroatoms. The molecule has 0 amide bonds. The summed E-state index contributed by atoms with van der Waals surface area (Å²) in [7, 11) is 0. The van der Waals surface area contributed by atoms with Crippen molar-refractivity contribution < 1.29 is 4.74 Å². The number of hydrogen-bond acceptors (Lipinski definition) is 3. The summed E-state index contributed by atoms with van der Waals surface area (Å²) in [5, 5.41) is 2.04. The second-order valence-corrected chi connectivity index (χ2v) is 3.18. The minimum atomic E-state index is 0.695. The molecular formula is C8H13NOS. The van der Waals surface area contributed by atoms with Crippen LogP contribution < -0.4 is 10.5 Å². The average molecular weight is 171 g/mol. The zero-order chi connectivity index (χ0) is 8.10. The van der Waals surface area contributed by atoms with E-state index in [0.29, 0.717) is 6.54 Å². The van der Waals surface area contributed by atoms with Gasteiger partial charge in [0.25, 0.3) is 0 Å². The van der Waals surface area contributed by atoms with E-state index in [4.69, 9.17) is 10.5 Å². The van der Waals surface area contributed by atoms with Gasteiger partial charge in [0.15, 0.2) is 0 Å². The maximum absolute atomic E-state index is 5.44. The molecule has 0 atom stereocenters. The number of hydrogen-bond donors (Lipinski definition) is 1. The van der Waals surface area contributed by atoms with Gasteiger partial charge in [0, 0.05) is 4.88 Å². The third-order valence-electron chi connectivity index (χ3n) is 1.38. The van der Waals surface area contributed by atoms with Crippen LogP contribution in [0.1, 0.15) is 11.8 Å². The first-order valence-corrected chi connectivity index (χ1v) is 4.65. The lowest BCUT2D eigenvalue weighted by atomic mass is 10.3. The Bertz CT molecular complexity index is 189. The maximum atomic E-state index is 5.44. The quantitative estimate of drug-likeness (QED) is 0.747. The van der Waals surface area contributed by atoms with Crippen LogP contribution in [-0.4, -0.2) is 13.2 Å². The molecule has 0 aliphatic rings. The van der Waals surface area contributed by atoms with Crippen LogP contribution in [0.2, 0.25) is 0 Å². The normalized spacial score (nSPS) is 10.0. The van der Waals surface area contributed by atoms with Crippen molar-refractivity contribution in [3.63, 3.8) is 0 Å². The van der Waals surface area contributed by atoms with E-state index in [0.717, 1.165) is 18.8 Å². The topological polar surface area (TPSA) is 35.2 Å². The average Bonchev–Trinajstić information content (AvgIpc) is 2.39. The number of ether oxygens (including phenoxy) is 1. The predicted octanol–water partition coefficient (Wildman–Crippen LogP) is 1.65. The highest BCUT2D eigenvalue weighted by Crippen LogP contribution is 2.24. The molecule has 1 aromatic rings. The Morgan fingerprint density at radius 3 is 3.09 bits per heavy atom. The largest absolute Gasteiger partial charge is 0.493 e. The molecule has 0 saturated carbocycles. The fourth-order valence-electron chi connectivity index (χ4n) is 0.926. The molecule has 2 N–H and O–H groups in total. The molecule has 1 heterocycles. The van der Waals surface area contributed by atoms with Crippen molar-refractivity contribution in [3.8, 4) is 5.75 Å². The van der Waals surface area contributed by atoms with Gasteiger partial charge in [-0.3, -0.25) is 0 Å². The highest BCUT2D eigenvalue weighted by molar-refractivity contribution is 7.10. The zero-order valence-electron chi connectivity index (χ0n) is 6.67. The Labute approximate surface area is 71.0 Å². The van der Waals surface area contributed by atoms with Crippen LogP contribution in [0.15, 0.2) is 11.4 Å². The van der Waals surface area contributed by atoms with Gasteiger partial charge in [0.1, 0.15) is 5.75 Å². The first-order valence-electron chi connectivity index (χ1n) is 3.77. The van der Waals surface area contributed by atoms with Crippen molar-refractivity contribution in [2.24, 2.45) is 5.73 Å². The fraction of sp³-hybridized carbons (Fsp3) is 0.500. The summed E-state index contributed by atoms with van der Waals surface area (Å²) in [6.07, 6.45) is 0.924. The van der Waals surface area contributed by atoms with E-state index in [1.54, 1.807) is 11.3 Å². The molecule has 1 rings (SSSR count). The fourth-order valence-corrected chi connectivity index (χ4v) is 1.76. The van der Waals surface area contributed by atoms with E-state index in [1.165, 1.54) is 4.88 Å². The van der Waals surface area contributed by atoms with E-state index < -0.39 is 0 Å². The van der Waals surface area contributed by atoms with Crippen LogP contribution in [0.25, 0.3) is 0 Å². The summed E-state index contributed by atoms with van der Waals surface area (Å²) < 4.78 is 5.38. The van der Waals surface area contributed by atoms with Crippen molar-refractivity contribution in [2.45, 2.75) is 13.3 Å². The van der Waals surface area contributed by atoms with Crippen molar-refractivity contribution in [3.05, 3.63) is 16.3 Å². The lowest BCUT2D eigenvalue weighted by molar-refractivity contribution is 0.338. The number of nitrogens with two attached hydrogens (primary N) is 1. The van der Waals surface area contributed by atoms with Gasteiger partial charge in [-0.25, -0.2) is 0 Å². The second-order valence-electron chi connectivity index (χ2n) is 2.18. The van der Waals surface area contributed by atoms with E-state index in [-0.39, 0.29) is 0 Å². The minimum absolute atomic E-state index is 0.695. The van der Waals surface area contributed by atoms with Crippen LogP contribution in [0.3, 0.4) is 0 Å². The molecule has 0 radical (unpaired) electrons. The summed E-state index contributed by atoms with van der Waals surface area (Å²) >= 11 is 1.71. The van der Waals surface area contributed by atoms with Gasteiger partial charge in [-0.2, -0.15) is 0 Å². The monoisotopic (exact) mass is 171 g/mol. The highest BCUT2D eigenvalue weighted by atomic mass is 32.1. The summed E-state index contributed by atoms with van der Waals surface area (Å²) in [5.41, 5.74) is 5.44. The lowest BCUT2D eigenvalue weighted by Gasteiger charge is -2.02. The van der Waals surface area contributed by atoms with Gasteiger partial charge in [0.05, 0.1) is 6.61 Å². The Hall–Kier alpha value is -0.540. The molecule has 11 heavy (non-hydrogen) atoms. The van der Waals surface area contributed by atoms with Gasteiger partial charge in [-0.05, 0) is 31.3 Å². The summed E-state index contributed by atoms with van der Waals surface area (Å²) in [6.45, 7) is 3.42. The molecule has 1 aromatic heterocycles. The van der Waals surface area contributed by atoms with Crippen molar-refractivity contribution in [2.75, 3.05) is 13.2 Å².